The van der Waals surface area contributed by atoms with Crippen molar-refractivity contribution in [2.45, 2.75) is 63.2 Å². The largest absolute Gasteiger partial charge is 0.310 e. The summed E-state index contributed by atoms with van der Waals surface area (Å²) in [7, 11) is 0. The summed E-state index contributed by atoms with van der Waals surface area (Å²) in [5, 5.41) is 0. The molecule has 0 radical (unpaired) electrons. The van der Waals surface area contributed by atoms with Crippen molar-refractivity contribution in [1.29, 1.82) is 0 Å². The molecule has 1 nitrogen and oxygen atoms in total. The Morgan fingerprint density at radius 2 is 0.925 bits per heavy atom. The molecule has 7 aromatic rings. The highest BCUT2D eigenvalue weighted by atomic mass is 15.1. The van der Waals surface area contributed by atoms with E-state index in [1.165, 1.54) is 106 Å². The summed E-state index contributed by atoms with van der Waals surface area (Å²) in [6.45, 7) is 4.78. The van der Waals surface area contributed by atoms with Crippen molar-refractivity contribution in [2.24, 2.45) is 0 Å². The lowest BCUT2D eigenvalue weighted by Crippen LogP contribution is -2.27. The molecule has 0 atom stereocenters. The SMILES string of the molecule is CC1(C)c2cc(N(c3ccc(-c4ccccc4)cc3)c3ccc(C4(c5ccccc5)CCCCCC4)cc3)ccc2-c2c(-c3ccccc3)cccc21. The topological polar surface area (TPSA) is 3.24 Å². The van der Waals surface area contributed by atoms with Gasteiger partial charge in [-0.25, -0.2) is 0 Å². The molecule has 260 valence electrons. The van der Waals surface area contributed by atoms with Crippen molar-refractivity contribution in [3.05, 3.63) is 198 Å². The van der Waals surface area contributed by atoms with Crippen LogP contribution >= 0.6 is 0 Å². The van der Waals surface area contributed by atoms with Gasteiger partial charge in [0.05, 0.1) is 0 Å². The normalized spacial score (nSPS) is 15.6. The second kappa shape index (κ2) is 13.7. The van der Waals surface area contributed by atoms with Gasteiger partial charge in [0.25, 0.3) is 0 Å². The van der Waals surface area contributed by atoms with Crippen molar-refractivity contribution in [3.63, 3.8) is 0 Å². The van der Waals surface area contributed by atoms with Gasteiger partial charge in [-0.15, -0.1) is 0 Å². The third-order valence-electron chi connectivity index (χ3n) is 12.2. The van der Waals surface area contributed by atoms with E-state index in [9.17, 15) is 0 Å². The smallest absolute Gasteiger partial charge is 0.0465 e. The summed E-state index contributed by atoms with van der Waals surface area (Å²) in [5.74, 6) is 0. The molecule has 9 rings (SSSR count). The molecule has 53 heavy (non-hydrogen) atoms. The Labute approximate surface area is 315 Å². The lowest BCUT2D eigenvalue weighted by atomic mass is 9.69. The molecule has 0 unspecified atom stereocenters. The van der Waals surface area contributed by atoms with Crippen LogP contribution in [0.5, 0.6) is 0 Å². The van der Waals surface area contributed by atoms with Crippen LogP contribution in [0.1, 0.15) is 74.6 Å². The van der Waals surface area contributed by atoms with E-state index >= 15 is 0 Å². The van der Waals surface area contributed by atoms with Crippen LogP contribution in [0.15, 0.2) is 176 Å². The third-order valence-corrected chi connectivity index (χ3v) is 12.2. The van der Waals surface area contributed by atoms with Crippen molar-refractivity contribution in [1.82, 2.24) is 0 Å². The Morgan fingerprint density at radius 1 is 0.396 bits per heavy atom. The molecule has 0 heterocycles. The van der Waals surface area contributed by atoms with Gasteiger partial charge in [0, 0.05) is 27.9 Å². The third kappa shape index (κ3) is 5.89. The maximum atomic E-state index is 2.46. The molecule has 0 aromatic heterocycles. The molecule has 0 saturated heterocycles. The highest BCUT2D eigenvalue weighted by molar-refractivity contribution is 5.94. The quantitative estimate of drug-likeness (QED) is 0.151. The van der Waals surface area contributed by atoms with Gasteiger partial charge in [0.15, 0.2) is 0 Å². The van der Waals surface area contributed by atoms with E-state index in [0.717, 1.165) is 5.69 Å². The summed E-state index contributed by atoms with van der Waals surface area (Å²) < 4.78 is 0. The molecular weight excluding hydrogens is 639 g/mol. The van der Waals surface area contributed by atoms with E-state index in [0.29, 0.717) is 0 Å². The molecule has 0 spiro atoms. The van der Waals surface area contributed by atoms with E-state index in [4.69, 9.17) is 0 Å². The first kappa shape index (κ1) is 33.2. The second-order valence-corrected chi connectivity index (χ2v) is 15.6. The van der Waals surface area contributed by atoms with Crippen LogP contribution in [0.3, 0.4) is 0 Å². The summed E-state index contributed by atoms with van der Waals surface area (Å²) in [5.41, 5.74) is 16.8. The van der Waals surface area contributed by atoms with E-state index in [2.05, 4.69) is 195 Å². The Kier molecular flexibility index (Phi) is 8.59. The molecule has 0 N–H and O–H groups in total. The zero-order valence-electron chi connectivity index (χ0n) is 30.9. The van der Waals surface area contributed by atoms with Gasteiger partial charge in [-0.05, 0) is 105 Å². The average Bonchev–Trinajstić information content (AvgIpc) is 3.35. The fourth-order valence-corrected chi connectivity index (χ4v) is 9.42. The molecule has 0 bridgehead atoms. The van der Waals surface area contributed by atoms with E-state index in [1.807, 2.05) is 0 Å². The first-order chi connectivity index (χ1) is 26.0. The van der Waals surface area contributed by atoms with Gasteiger partial charge in [0.2, 0.25) is 0 Å². The zero-order chi connectivity index (χ0) is 35.8. The molecule has 1 fully saturated rings. The van der Waals surface area contributed by atoms with Crippen molar-refractivity contribution in [2.75, 3.05) is 4.90 Å². The summed E-state index contributed by atoms with van der Waals surface area (Å²) in [6, 6.07) is 65.5. The van der Waals surface area contributed by atoms with Crippen LogP contribution in [-0.4, -0.2) is 0 Å². The highest BCUT2D eigenvalue weighted by Crippen LogP contribution is 2.54. The number of rotatable bonds is 7. The second-order valence-electron chi connectivity index (χ2n) is 15.6. The molecule has 7 aromatic carbocycles. The minimum absolute atomic E-state index is 0.0539. The number of nitrogens with zero attached hydrogens (tertiary/aromatic N) is 1. The lowest BCUT2D eigenvalue weighted by Gasteiger charge is -2.35. The number of hydrogen-bond acceptors (Lipinski definition) is 1. The summed E-state index contributed by atoms with van der Waals surface area (Å²) in [4.78, 5) is 2.46. The minimum Gasteiger partial charge on any atom is -0.310 e. The fourth-order valence-electron chi connectivity index (χ4n) is 9.42. The molecule has 1 saturated carbocycles. The first-order valence-electron chi connectivity index (χ1n) is 19.5. The van der Waals surface area contributed by atoms with Crippen LogP contribution in [0, 0.1) is 0 Å². The highest BCUT2D eigenvalue weighted by Gasteiger charge is 2.38. The van der Waals surface area contributed by atoms with E-state index in [1.54, 1.807) is 0 Å². The first-order valence-corrected chi connectivity index (χ1v) is 19.5. The molecule has 0 aliphatic heterocycles. The van der Waals surface area contributed by atoms with Gasteiger partial charge in [0.1, 0.15) is 0 Å². The Balaban J connectivity index is 1.17. The van der Waals surface area contributed by atoms with E-state index in [-0.39, 0.29) is 10.8 Å². The van der Waals surface area contributed by atoms with Crippen LogP contribution in [-0.2, 0) is 10.8 Å². The van der Waals surface area contributed by atoms with Crippen LogP contribution in [0.25, 0.3) is 33.4 Å². The lowest BCUT2D eigenvalue weighted by molar-refractivity contribution is 0.446. The van der Waals surface area contributed by atoms with Gasteiger partial charge in [-0.1, -0.05) is 179 Å². The number of hydrogen-bond donors (Lipinski definition) is 0. The van der Waals surface area contributed by atoms with E-state index < -0.39 is 0 Å². The summed E-state index contributed by atoms with van der Waals surface area (Å²) in [6.07, 6.45) is 7.60. The molecule has 2 aliphatic carbocycles. The summed E-state index contributed by atoms with van der Waals surface area (Å²) >= 11 is 0. The zero-order valence-corrected chi connectivity index (χ0v) is 30.9. The van der Waals surface area contributed by atoms with Gasteiger partial charge >= 0.3 is 0 Å². The van der Waals surface area contributed by atoms with Crippen LogP contribution < -0.4 is 4.90 Å². The minimum atomic E-state index is -0.139. The van der Waals surface area contributed by atoms with Crippen molar-refractivity contribution < 1.29 is 0 Å². The number of anilines is 3. The molecule has 0 amide bonds. The van der Waals surface area contributed by atoms with Crippen LogP contribution in [0.2, 0.25) is 0 Å². The van der Waals surface area contributed by atoms with Gasteiger partial charge in [-0.2, -0.15) is 0 Å². The van der Waals surface area contributed by atoms with Crippen molar-refractivity contribution in [3.8, 4) is 33.4 Å². The number of fused-ring (bicyclic) bond motifs is 3. The Bertz CT molecular complexity index is 2330. The van der Waals surface area contributed by atoms with Gasteiger partial charge < -0.3 is 4.90 Å². The standard InChI is InChI=1S/C52H47N/c1-51(2)48-24-16-23-46(40-19-10-6-11-20-40)50(48)47-34-33-45(37-49(47)51)53(43-29-25-39(26-30-43)38-17-8-5-9-18-38)44-31-27-42(28-32-44)52(35-14-3-4-15-36-52)41-21-12-7-13-22-41/h5-13,16-34,37H,3-4,14-15,35-36H2,1-2H3. The van der Waals surface area contributed by atoms with Crippen LogP contribution in [0.4, 0.5) is 17.1 Å². The predicted molar refractivity (Wildman–Crippen MR) is 224 cm³/mol. The fraction of sp³-hybridized carbons (Fsp3) is 0.192. The van der Waals surface area contributed by atoms with Gasteiger partial charge in [-0.3, -0.25) is 0 Å². The monoisotopic (exact) mass is 685 g/mol. The van der Waals surface area contributed by atoms with Crippen molar-refractivity contribution >= 4 is 17.1 Å². The molecule has 2 aliphatic rings. The Hall–Kier alpha value is -5.66. The maximum Gasteiger partial charge on any atom is 0.0465 e. The molecule has 1 heteroatoms. The Morgan fingerprint density at radius 3 is 1.57 bits per heavy atom. The maximum absolute atomic E-state index is 2.46. The number of benzene rings is 7. The predicted octanol–water partition coefficient (Wildman–Crippen LogP) is 14.4. The molecular formula is C52H47N. The average molecular weight is 686 g/mol.